The number of para-hydroxylation sites is 1. The molecule has 1 aliphatic heterocycles. The van der Waals surface area contributed by atoms with E-state index in [0.29, 0.717) is 10.5 Å². The standard InChI is InChI=1S/C33H33N3O12/c1-16-21(45-31-25(38)27(47-32(34)41)28(43-5)33(2,3)48-31)14-12-19-24(37)23(30(40)46-26(16)19)35-29(39)17-11-13-20(36(4)42)22(15-17)44-18-9-7-6-8-10-18/h6-15,25,27-28,31,38H,1-5H3,(H3-,34,35,37,39,40,41,42)/p+1/t25-,27+,28-,31-/m1/s1. The maximum absolute atomic E-state index is 13.2. The summed E-state index contributed by atoms with van der Waals surface area (Å²) in [5, 5.41) is 24.5. The molecule has 0 saturated carbocycles. The van der Waals surface area contributed by atoms with E-state index < -0.39 is 59.3 Å². The van der Waals surface area contributed by atoms with Gasteiger partial charge in [0.05, 0.1) is 11.0 Å². The molecule has 0 spiro atoms. The van der Waals surface area contributed by atoms with Crippen molar-refractivity contribution in [3.05, 3.63) is 87.1 Å². The topological polar surface area (TPSA) is 209 Å². The van der Waals surface area contributed by atoms with E-state index in [1.54, 1.807) is 44.2 Å². The van der Waals surface area contributed by atoms with E-state index in [-0.39, 0.29) is 39.3 Å². The Labute approximate surface area is 273 Å². The molecule has 0 radical (unpaired) electrons. The van der Waals surface area contributed by atoms with Crippen LogP contribution in [0.3, 0.4) is 0 Å². The minimum atomic E-state index is -1.54. The van der Waals surface area contributed by atoms with Crippen molar-refractivity contribution in [1.29, 1.82) is 0 Å². The van der Waals surface area contributed by atoms with Crippen LogP contribution in [0.25, 0.3) is 11.0 Å². The molecule has 0 aliphatic carbocycles. The van der Waals surface area contributed by atoms with Gasteiger partial charge in [0, 0.05) is 40.0 Å². The molecule has 1 aliphatic rings. The Hall–Kier alpha value is -5.51. The normalized spacial score (nSPS) is 20.1. The van der Waals surface area contributed by atoms with Gasteiger partial charge in [-0.2, -0.15) is 0 Å². The second-order valence-corrected chi connectivity index (χ2v) is 11.5. The lowest BCUT2D eigenvalue weighted by Gasteiger charge is -2.47. The van der Waals surface area contributed by atoms with Crippen molar-refractivity contribution in [2.45, 2.75) is 51.0 Å². The number of anilines is 1. The van der Waals surface area contributed by atoms with E-state index in [1.165, 1.54) is 51.4 Å². The Morgan fingerprint density at radius 1 is 1.06 bits per heavy atom. The van der Waals surface area contributed by atoms with E-state index in [9.17, 15) is 29.5 Å². The van der Waals surface area contributed by atoms with E-state index in [1.807, 2.05) is 0 Å². The van der Waals surface area contributed by atoms with Gasteiger partial charge in [-0.05, 0) is 51.1 Å². The van der Waals surface area contributed by atoms with Crippen LogP contribution in [0.1, 0.15) is 29.8 Å². The number of benzene rings is 3. The summed E-state index contributed by atoms with van der Waals surface area (Å²) in [6.07, 6.45) is -6.18. The van der Waals surface area contributed by atoms with Crippen molar-refractivity contribution in [1.82, 2.24) is 0 Å². The number of aryl methyl sites for hydroxylation is 1. The summed E-state index contributed by atoms with van der Waals surface area (Å²) in [6, 6.07) is 15.5. The smallest absolute Gasteiger partial charge is 0.404 e. The Morgan fingerprint density at radius 2 is 1.77 bits per heavy atom. The lowest BCUT2D eigenvalue weighted by atomic mass is 9.89. The van der Waals surface area contributed by atoms with Crippen molar-refractivity contribution >= 4 is 34.3 Å². The van der Waals surface area contributed by atoms with Crippen LogP contribution in [0.4, 0.5) is 16.2 Å². The van der Waals surface area contributed by atoms with E-state index in [2.05, 4.69) is 5.32 Å². The summed E-state index contributed by atoms with van der Waals surface area (Å²) >= 11 is 0. The van der Waals surface area contributed by atoms with Gasteiger partial charge in [0.15, 0.2) is 30.7 Å². The molecule has 1 saturated heterocycles. The number of fused-ring (bicyclic) bond motifs is 1. The summed E-state index contributed by atoms with van der Waals surface area (Å²) in [5.41, 5.74) is 2.85. The molecule has 2 heterocycles. The fourth-order valence-corrected chi connectivity index (χ4v) is 5.47. The van der Waals surface area contributed by atoms with Crippen LogP contribution in [0.15, 0.2) is 69.9 Å². The first kappa shape index (κ1) is 33.8. The number of nitroso groups, excluding NO2 is 1. The number of ether oxygens (including phenoxy) is 5. The average Bonchev–Trinajstić information content (AvgIpc) is 3.03. The average molecular weight is 665 g/mol. The number of nitrogens with zero attached hydrogens (tertiary/aromatic N) is 1. The zero-order valence-corrected chi connectivity index (χ0v) is 26.6. The number of nitrogens with one attached hydrogen (secondary N) is 1. The second kappa shape index (κ2) is 13.3. The SMILES string of the molecule is CO[C@@H]1[C@@H](OC(N)=O)[C@@H](O)[C@H](Oc2ccc3c(O)c(NC(=O)c4ccc([N+](C)=O)c(Oc5ccccc5)c4)c(=O)oc3c2C)OC1(C)C. The molecule has 0 unspecified atom stereocenters. The number of aromatic hydroxyl groups is 1. The zero-order valence-electron chi connectivity index (χ0n) is 26.6. The van der Waals surface area contributed by atoms with E-state index in [4.69, 9.17) is 33.8 Å². The van der Waals surface area contributed by atoms with Gasteiger partial charge in [-0.3, -0.25) is 4.79 Å². The summed E-state index contributed by atoms with van der Waals surface area (Å²) in [7, 11) is 2.64. The number of rotatable bonds is 9. The highest BCUT2D eigenvalue weighted by molar-refractivity contribution is 6.07. The molecule has 15 heteroatoms. The van der Waals surface area contributed by atoms with Gasteiger partial charge in [0.25, 0.3) is 11.6 Å². The summed E-state index contributed by atoms with van der Waals surface area (Å²) in [6.45, 7) is 4.83. The summed E-state index contributed by atoms with van der Waals surface area (Å²) in [4.78, 5) is 50.0. The molecule has 4 aromatic rings. The highest BCUT2D eigenvalue weighted by Gasteiger charge is 2.53. The quantitative estimate of drug-likeness (QED) is 0.146. The third-order valence-electron chi connectivity index (χ3n) is 7.79. The van der Waals surface area contributed by atoms with Crippen molar-refractivity contribution in [3.63, 3.8) is 0 Å². The highest BCUT2D eigenvalue weighted by atomic mass is 16.7. The first-order valence-electron chi connectivity index (χ1n) is 14.6. The fourth-order valence-electron chi connectivity index (χ4n) is 5.47. The predicted octanol–water partition coefficient (Wildman–Crippen LogP) is 4.25. The number of carbonyl (C=O) groups excluding carboxylic acids is 2. The van der Waals surface area contributed by atoms with Crippen LogP contribution in [0, 0.1) is 11.8 Å². The number of methoxy groups -OCH3 is 1. The van der Waals surface area contributed by atoms with Crippen molar-refractivity contribution in [3.8, 4) is 23.0 Å². The molecule has 4 atom stereocenters. The Balaban J connectivity index is 1.42. The third-order valence-corrected chi connectivity index (χ3v) is 7.79. The number of aliphatic hydroxyl groups excluding tert-OH is 1. The van der Waals surface area contributed by atoms with Crippen LogP contribution < -0.4 is 26.1 Å². The number of nitrogens with two attached hydrogens (primary N) is 1. The fraction of sp³-hybridized carbons (Fsp3) is 0.303. The Bertz CT molecular complexity index is 1940. The number of aliphatic hydroxyl groups is 1. The lowest BCUT2D eigenvalue weighted by Crippen LogP contribution is -2.65. The first-order valence-corrected chi connectivity index (χ1v) is 14.6. The van der Waals surface area contributed by atoms with Gasteiger partial charge in [0.1, 0.15) is 23.2 Å². The number of hydrogen-bond acceptors (Lipinski definition) is 12. The predicted molar refractivity (Wildman–Crippen MR) is 170 cm³/mol. The van der Waals surface area contributed by atoms with Crippen molar-refractivity contribution in [2.75, 3.05) is 19.5 Å². The monoisotopic (exact) mass is 664 g/mol. The number of hydrogen-bond donors (Lipinski definition) is 4. The Morgan fingerprint density at radius 3 is 2.42 bits per heavy atom. The maximum Gasteiger partial charge on any atom is 0.404 e. The molecular weight excluding hydrogens is 630 g/mol. The van der Waals surface area contributed by atoms with E-state index >= 15 is 0 Å². The van der Waals surface area contributed by atoms with Gasteiger partial charge in [0.2, 0.25) is 12.0 Å². The molecule has 0 bridgehead atoms. The minimum absolute atomic E-state index is 0.0219. The zero-order chi connectivity index (χ0) is 34.9. The molecular formula is C33H34N3O12+. The molecule has 5 rings (SSSR count). The molecule has 3 aromatic carbocycles. The second-order valence-electron chi connectivity index (χ2n) is 11.5. The van der Waals surface area contributed by atoms with Crippen LogP contribution >= 0.6 is 0 Å². The van der Waals surface area contributed by atoms with Crippen LogP contribution in [0.5, 0.6) is 23.0 Å². The summed E-state index contributed by atoms with van der Waals surface area (Å²) < 4.78 is 34.3. The van der Waals surface area contributed by atoms with Crippen molar-refractivity contribution < 1.29 is 52.7 Å². The van der Waals surface area contributed by atoms with Crippen LogP contribution in [-0.2, 0) is 14.2 Å². The molecule has 1 fully saturated rings. The third kappa shape index (κ3) is 6.64. The van der Waals surface area contributed by atoms with Crippen LogP contribution in [-0.4, -0.2) is 71.3 Å². The number of carbonyl (C=O) groups is 2. The number of amides is 2. The maximum atomic E-state index is 13.2. The Kier molecular flexibility index (Phi) is 9.38. The molecule has 5 N–H and O–H groups in total. The molecule has 2 amide bonds. The lowest BCUT2D eigenvalue weighted by molar-refractivity contribution is -0.428. The van der Waals surface area contributed by atoms with Gasteiger partial charge < -0.3 is 49.4 Å². The molecule has 252 valence electrons. The molecule has 48 heavy (non-hydrogen) atoms. The first-order chi connectivity index (χ1) is 22.7. The van der Waals surface area contributed by atoms with Crippen LogP contribution in [0.2, 0.25) is 0 Å². The van der Waals surface area contributed by atoms with Gasteiger partial charge >= 0.3 is 11.7 Å². The van der Waals surface area contributed by atoms with E-state index in [0.717, 1.165) is 0 Å². The largest absolute Gasteiger partial charge is 0.505 e. The minimum Gasteiger partial charge on any atom is -0.505 e. The molecule has 1 aromatic heterocycles. The molecule has 15 nitrogen and oxygen atoms in total. The highest BCUT2D eigenvalue weighted by Crippen LogP contribution is 2.39. The van der Waals surface area contributed by atoms with Crippen molar-refractivity contribution in [2.24, 2.45) is 5.73 Å². The van der Waals surface area contributed by atoms with Gasteiger partial charge in [-0.15, -0.1) is 0 Å². The van der Waals surface area contributed by atoms with Gasteiger partial charge in [-0.25, -0.2) is 9.59 Å². The van der Waals surface area contributed by atoms with Gasteiger partial charge in [-0.1, -0.05) is 18.2 Å². The summed E-state index contributed by atoms with van der Waals surface area (Å²) in [5.74, 6) is -0.751. The number of primary amides is 1.